The van der Waals surface area contributed by atoms with Crippen LogP contribution in [-0.2, 0) is 17.9 Å². The third kappa shape index (κ3) is 3.79. The number of halogens is 1. The number of piperazine rings is 1. The summed E-state index contributed by atoms with van der Waals surface area (Å²) in [7, 11) is 0. The van der Waals surface area contributed by atoms with Crippen molar-refractivity contribution in [3.05, 3.63) is 58.2 Å². The smallest absolute Gasteiger partial charge is 0.261 e. The second-order valence-electron chi connectivity index (χ2n) is 6.93. The highest BCUT2D eigenvalue weighted by Gasteiger charge is 2.22. The molecular weight excluding hydrogens is 365 g/mol. The Bertz CT molecular complexity index is 1070. The first kappa shape index (κ1) is 18.3. The SMILES string of the molecule is Cc1cc(CN2CCN(C(=O)Cn3cnc4ccc(F)cc4c3=O)CC2)on1. The molecule has 0 unspecified atom stereocenters. The third-order valence-electron chi connectivity index (χ3n) is 4.87. The van der Waals surface area contributed by atoms with Crippen molar-refractivity contribution in [2.45, 2.75) is 20.0 Å². The molecule has 0 spiro atoms. The van der Waals surface area contributed by atoms with Gasteiger partial charge in [-0.1, -0.05) is 5.16 Å². The number of carbonyl (C=O) groups is 1. The van der Waals surface area contributed by atoms with Crippen molar-refractivity contribution < 1.29 is 13.7 Å². The number of carbonyl (C=O) groups excluding carboxylic acids is 1. The zero-order chi connectivity index (χ0) is 19.7. The van der Waals surface area contributed by atoms with E-state index in [-0.39, 0.29) is 17.8 Å². The molecule has 1 aliphatic rings. The van der Waals surface area contributed by atoms with E-state index in [4.69, 9.17) is 4.52 Å². The Morgan fingerprint density at radius 3 is 2.71 bits per heavy atom. The molecule has 9 heteroatoms. The summed E-state index contributed by atoms with van der Waals surface area (Å²) in [4.78, 5) is 33.2. The molecule has 1 saturated heterocycles. The van der Waals surface area contributed by atoms with Gasteiger partial charge in [0.1, 0.15) is 12.4 Å². The molecule has 0 atom stereocenters. The van der Waals surface area contributed by atoms with Gasteiger partial charge in [-0.3, -0.25) is 19.1 Å². The highest BCUT2D eigenvalue weighted by molar-refractivity contribution is 5.79. The quantitative estimate of drug-likeness (QED) is 0.671. The van der Waals surface area contributed by atoms with Crippen LogP contribution in [0.25, 0.3) is 10.9 Å². The molecule has 1 fully saturated rings. The molecule has 28 heavy (non-hydrogen) atoms. The van der Waals surface area contributed by atoms with Crippen LogP contribution in [0.5, 0.6) is 0 Å². The zero-order valence-corrected chi connectivity index (χ0v) is 15.5. The topological polar surface area (TPSA) is 84.5 Å². The molecule has 146 valence electrons. The van der Waals surface area contributed by atoms with Gasteiger partial charge in [0, 0.05) is 32.2 Å². The van der Waals surface area contributed by atoms with E-state index in [1.807, 2.05) is 13.0 Å². The van der Waals surface area contributed by atoms with E-state index in [0.717, 1.165) is 17.5 Å². The van der Waals surface area contributed by atoms with Crippen LogP contribution in [0.3, 0.4) is 0 Å². The summed E-state index contributed by atoms with van der Waals surface area (Å²) in [5.74, 6) is 0.140. The predicted octanol–water partition coefficient (Wildman–Crippen LogP) is 1.18. The normalized spacial score (nSPS) is 15.3. The minimum atomic E-state index is -0.506. The molecule has 0 saturated carbocycles. The van der Waals surface area contributed by atoms with E-state index in [2.05, 4.69) is 15.0 Å². The largest absolute Gasteiger partial charge is 0.360 e. The van der Waals surface area contributed by atoms with Gasteiger partial charge in [-0.2, -0.15) is 0 Å². The van der Waals surface area contributed by atoms with E-state index in [0.29, 0.717) is 38.2 Å². The summed E-state index contributed by atoms with van der Waals surface area (Å²) in [5.41, 5.74) is 0.835. The van der Waals surface area contributed by atoms with Crippen LogP contribution in [0, 0.1) is 12.7 Å². The summed E-state index contributed by atoms with van der Waals surface area (Å²) in [6.07, 6.45) is 1.34. The van der Waals surface area contributed by atoms with Gasteiger partial charge < -0.3 is 9.42 Å². The number of amides is 1. The first-order valence-electron chi connectivity index (χ1n) is 9.06. The zero-order valence-electron chi connectivity index (χ0n) is 15.5. The van der Waals surface area contributed by atoms with Crippen molar-refractivity contribution in [3.8, 4) is 0 Å². The lowest BCUT2D eigenvalue weighted by Crippen LogP contribution is -2.49. The molecule has 0 bridgehead atoms. The molecule has 1 amide bonds. The number of rotatable bonds is 4. The molecular formula is C19H20FN5O3. The molecule has 4 rings (SSSR count). The first-order chi connectivity index (χ1) is 13.5. The van der Waals surface area contributed by atoms with Crippen molar-refractivity contribution in [3.63, 3.8) is 0 Å². The van der Waals surface area contributed by atoms with Gasteiger partial charge in [0.05, 0.1) is 29.5 Å². The Labute approximate surface area is 160 Å². The first-order valence-corrected chi connectivity index (χ1v) is 9.06. The number of hydrogen-bond donors (Lipinski definition) is 0. The monoisotopic (exact) mass is 385 g/mol. The maximum Gasteiger partial charge on any atom is 0.261 e. The fraction of sp³-hybridized carbons (Fsp3) is 0.368. The highest BCUT2D eigenvalue weighted by Crippen LogP contribution is 2.11. The predicted molar refractivity (Wildman–Crippen MR) is 99.1 cm³/mol. The van der Waals surface area contributed by atoms with Crippen LogP contribution in [0.4, 0.5) is 4.39 Å². The lowest BCUT2D eigenvalue weighted by Gasteiger charge is -2.34. The minimum Gasteiger partial charge on any atom is -0.360 e. The summed E-state index contributed by atoms with van der Waals surface area (Å²) in [5, 5.41) is 4.05. The molecule has 1 aliphatic heterocycles. The average Bonchev–Trinajstić information content (AvgIpc) is 3.09. The molecule has 3 heterocycles. The third-order valence-corrected chi connectivity index (χ3v) is 4.87. The van der Waals surface area contributed by atoms with E-state index in [9.17, 15) is 14.0 Å². The van der Waals surface area contributed by atoms with Crippen LogP contribution < -0.4 is 5.56 Å². The Kier molecular flexibility index (Phi) is 4.91. The highest BCUT2D eigenvalue weighted by atomic mass is 19.1. The van der Waals surface area contributed by atoms with Gasteiger partial charge in [0.25, 0.3) is 5.56 Å². The van der Waals surface area contributed by atoms with E-state index in [1.54, 1.807) is 4.90 Å². The van der Waals surface area contributed by atoms with Gasteiger partial charge in [-0.15, -0.1) is 0 Å². The van der Waals surface area contributed by atoms with Crippen molar-refractivity contribution in [2.75, 3.05) is 26.2 Å². The number of aromatic nitrogens is 3. The fourth-order valence-electron chi connectivity index (χ4n) is 3.36. The van der Waals surface area contributed by atoms with Gasteiger partial charge in [-0.25, -0.2) is 9.37 Å². The number of fused-ring (bicyclic) bond motifs is 1. The number of nitrogens with zero attached hydrogens (tertiary/aromatic N) is 5. The van der Waals surface area contributed by atoms with E-state index < -0.39 is 11.4 Å². The molecule has 2 aromatic heterocycles. The summed E-state index contributed by atoms with van der Waals surface area (Å²) >= 11 is 0. The van der Waals surface area contributed by atoms with Gasteiger partial charge >= 0.3 is 0 Å². The Balaban J connectivity index is 1.39. The molecule has 0 aliphatic carbocycles. The van der Waals surface area contributed by atoms with Crippen molar-refractivity contribution >= 4 is 16.8 Å². The lowest BCUT2D eigenvalue weighted by atomic mass is 10.2. The maximum atomic E-state index is 13.4. The molecule has 1 aromatic carbocycles. The van der Waals surface area contributed by atoms with Crippen LogP contribution in [-0.4, -0.2) is 56.6 Å². The van der Waals surface area contributed by atoms with Crippen molar-refractivity contribution in [1.29, 1.82) is 0 Å². The summed E-state index contributed by atoms with van der Waals surface area (Å²) < 4.78 is 19.9. The van der Waals surface area contributed by atoms with Gasteiger partial charge in [0.2, 0.25) is 5.91 Å². The lowest BCUT2D eigenvalue weighted by molar-refractivity contribution is -0.133. The van der Waals surface area contributed by atoms with Crippen LogP contribution in [0.2, 0.25) is 0 Å². The molecule has 0 N–H and O–H groups in total. The molecule has 3 aromatic rings. The average molecular weight is 385 g/mol. The Morgan fingerprint density at radius 1 is 1.21 bits per heavy atom. The minimum absolute atomic E-state index is 0.112. The van der Waals surface area contributed by atoms with Crippen molar-refractivity contribution in [1.82, 2.24) is 24.5 Å². The fourth-order valence-corrected chi connectivity index (χ4v) is 3.36. The number of hydrogen-bond acceptors (Lipinski definition) is 6. The van der Waals surface area contributed by atoms with Gasteiger partial charge in [-0.05, 0) is 25.1 Å². The summed E-state index contributed by atoms with van der Waals surface area (Å²) in [6.45, 7) is 4.97. The Morgan fingerprint density at radius 2 is 2.00 bits per heavy atom. The second-order valence-corrected chi connectivity index (χ2v) is 6.93. The second kappa shape index (κ2) is 7.51. The maximum absolute atomic E-state index is 13.4. The van der Waals surface area contributed by atoms with Crippen LogP contribution >= 0.6 is 0 Å². The van der Waals surface area contributed by atoms with Crippen LogP contribution in [0.15, 0.2) is 39.9 Å². The van der Waals surface area contributed by atoms with Gasteiger partial charge in [0.15, 0.2) is 5.76 Å². The molecule has 8 nitrogen and oxygen atoms in total. The van der Waals surface area contributed by atoms with Crippen LogP contribution in [0.1, 0.15) is 11.5 Å². The number of benzene rings is 1. The van der Waals surface area contributed by atoms with Crippen molar-refractivity contribution in [2.24, 2.45) is 0 Å². The number of aryl methyl sites for hydroxylation is 1. The molecule has 0 radical (unpaired) electrons. The standard InChI is InChI=1S/C19H20FN5O3/c1-13-8-15(28-22-13)10-23-4-6-24(7-5-23)18(26)11-25-12-21-17-3-2-14(20)9-16(17)19(25)27/h2-3,8-9,12H,4-7,10-11H2,1H3. The Hall–Kier alpha value is -3.07. The van der Waals surface area contributed by atoms with E-state index >= 15 is 0 Å². The van der Waals surface area contributed by atoms with E-state index in [1.165, 1.54) is 23.0 Å². The summed E-state index contributed by atoms with van der Waals surface area (Å²) in [6, 6.07) is 5.76.